The van der Waals surface area contributed by atoms with E-state index in [-0.39, 0.29) is 24.8 Å². The van der Waals surface area contributed by atoms with Gasteiger partial charge in [0.2, 0.25) is 11.8 Å². The van der Waals surface area contributed by atoms with Crippen LogP contribution in [0.25, 0.3) is 0 Å². The van der Waals surface area contributed by atoms with Crippen molar-refractivity contribution in [2.24, 2.45) is 0 Å². The molecular formula is C21H21F6N3O2. The van der Waals surface area contributed by atoms with E-state index in [1.165, 1.54) is 0 Å². The molecule has 0 saturated carbocycles. The smallest absolute Gasteiger partial charge is 0.397 e. The summed E-state index contributed by atoms with van der Waals surface area (Å²) in [6, 6.07) is 7.61. The molecule has 0 bridgehead atoms. The fraction of sp³-hybridized carbons (Fsp3) is 0.333. The number of amides is 2. The second-order valence-electron chi connectivity index (χ2n) is 7.04. The van der Waals surface area contributed by atoms with Crippen molar-refractivity contribution in [3.63, 3.8) is 0 Å². The molecule has 0 aromatic heterocycles. The summed E-state index contributed by atoms with van der Waals surface area (Å²) in [7, 11) is 0. The van der Waals surface area contributed by atoms with Crippen molar-refractivity contribution >= 4 is 28.9 Å². The van der Waals surface area contributed by atoms with Gasteiger partial charge in [-0.2, -0.15) is 26.3 Å². The Labute approximate surface area is 180 Å². The van der Waals surface area contributed by atoms with Crippen LogP contribution in [0.3, 0.4) is 0 Å². The van der Waals surface area contributed by atoms with E-state index in [2.05, 4.69) is 10.6 Å². The molecule has 0 radical (unpaired) electrons. The van der Waals surface area contributed by atoms with Crippen molar-refractivity contribution in [1.82, 2.24) is 0 Å². The molecule has 11 heteroatoms. The number of hydrogen-bond acceptors (Lipinski definition) is 3. The first-order chi connectivity index (χ1) is 14.9. The molecule has 0 saturated heterocycles. The number of nitrogens with one attached hydrogen (secondary N) is 2. The summed E-state index contributed by atoms with van der Waals surface area (Å²) in [5, 5.41) is 4.72. The predicted octanol–water partition coefficient (Wildman–Crippen LogP) is 5.83. The van der Waals surface area contributed by atoms with Crippen LogP contribution in [0, 0.1) is 0 Å². The average molecular weight is 461 g/mol. The molecule has 2 aromatic rings. The number of hydrogen-bond donors (Lipinski definition) is 3. The molecule has 0 heterocycles. The Hall–Kier alpha value is -3.24. The highest BCUT2D eigenvalue weighted by atomic mass is 19.4. The molecule has 32 heavy (non-hydrogen) atoms. The highest BCUT2D eigenvalue weighted by Crippen LogP contribution is 2.37. The number of para-hydroxylation sites is 2. The lowest BCUT2D eigenvalue weighted by molar-refractivity contribution is -0.143. The molecule has 0 fully saturated rings. The average Bonchev–Trinajstić information content (AvgIpc) is 2.68. The Bertz CT molecular complexity index is 925. The minimum absolute atomic E-state index is 0.0102. The molecule has 2 amide bonds. The molecule has 0 spiro atoms. The third-order valence-electron chi connectivity index (χ3n) is 4.41. The fourth-order valence-corrected chi connectivity index (χ4v) is 2.82. The van der Waals surface area contributed by atoms with E-state index < -0.39 is 35.1 Å². The minimum Gasteiger partial charge on any atom is -0.397 e. The minimum atomic E-state index is -4.99. The summed E-state index contributed by atoms with van der Waals surface area (Å²) in [6.07, 6.45) is -8.74. The first kappa shape index (κ1) is 25.0. The van der Waals surface area contributed by atoms with E-state index in [9.17, 15) is 35.9 Å². The van der Waals surface area contributed by atoms with Gasteiger partial charge in [0.1, 0.15) is 0 Å². The van der Waals surface area contributed by atoms with Crippen LogP contribution in [0.15, 0.2) is 42.5 Å². The van der Waals surface area contributed by atoms with Crippen LogP contribution < -0.4 is 16.4 Å². The van der Waals surface area contributed by atoms with E-state index in [1.807, 2.05) is 0 Å². The molecule has 0 aliphatic rings. The van der Waals surface area contributed by atoms with Gasteiger partial charge in [0.15, 0.2) is 0 Å². The number of nitrogen functional groups attached to an aromatic ring is 1. The lowest BCUT2D eigenvalue weighted by atomic mass is 10.1. The van der Waals surface area contributed by atoms with Crippen molar-refractivity contribution in [3.05, 3.63) is 53.6 Å². The van der Waals surface area contributed by atoms with Gasteiger partial charge < -0.3 is 16.4 Å². The number of unbranched alkanes of at least 4 members (excludes halogenated alkanes) is 2. The number of alkyl halides is 6. The molecule has 5 nitrogen and oxygen atoms in total. The molecule has 0 aliphatic carbocycles. The normalized spacial score (nSPS) is 11.8. The number of carbonyl (C=O) groups excluding carboxylic acids is 2. The number of nitrogens with two attached hydrogens (primary N) is 1. The zero-order valence-corrected chi connectivity index (χ0v) is 16.7. The van der Waals surface area contributed by atoms with Gasteiger partial charge in [-0.15, -0.1) is 0 Å². The first-order valence-electron chi connectivity index (χ1n) is 9.60. The van der Waals surface area contributed by atoms with Crippen molar-refractivity contribution in [1.29, 1.82) is 0 Å². The van der Waals surface area contributed by atoms with Crippen LogP contribution in [0.1, 0.15) is 43.2 Å². The number of anilines is 3. The van der Waals surface area contributed by atoms with Crippen molar-refractivity contribution in [2.45, 2.75) is 44.5 Å². The number of benzene rings is 2. The topological polar surface area (TPSA) is 84.2 Å². The fourth-order valence-electron chi connectivity index (χ4n) is 2.82. The SMILES string of the molecule is Nc1ccccc1NC(=O)CCCCCC(=O)Nc1cc(C(F)(F)F)cc(C(F)(F)F)c1. The van der Waals surface area contributed by atoms with E-state index in [4.69, 9.17) is 5.73 Å². The molecule has 2 aromatic carbocycles. The lowest BCUT2D eigenvalue weighted by Crippen LogP contribution is -2.15. The van der Waals surface area contributed by atoms with E-state index >= 15 is 0 Å². The third kappa shape index (κ3) is 7.78. The van der Waals surface area contributed by atoms with E-state index in [1.54, 1.807) is 24.3 Å². The zero-order valence-electron chi connectivity index (χ0n) is 16.7. The second-order valence-corrected chi connectivity index (χ2v) is 7.04. The molecule has 0 unspecified atom stereocenters. The maximum absolute atomic E-state index is 12.9. The summed E-state index contributed by atoms with van der Waals surface area (Å²) in [4.78, 5) is 23.8. The number of rotatable bonds is 8. The summed E-state index contributed by atoms with van der Waals surface area (Å²) in [5.74, 6) is -0.991. The van der Waals surface area contributed by atoms with Gasteiger partial charge in [-0.25, -0.2) is 0 Å². The van der Waals surface area contributed by atoms with Gasteiger partial charge in [0, 0.05) is 18.5 Å². The van der Waals surface area contributed by atoms with E-state index in [0.717, 1.165) is 0 Å². The van der Waals surface area contributed by atoms with Gasteiger partial charge in [0.25, 0.3) is 0 Å². The summed E-state index contributed by atoms with van der Waals surface area (Å²) in [6.45, 7) is 0. The first-order valence-corrected chi connectivity index (χ1v) is 9.60. The van der Waals surface area contributed by atoms with Crippen LogP contribution in [0.2, 0.25) is 0 Å². The predicted molar refractivity (Wildman–Crippen MR) is 108 cm³/mol. The monoisotopic (exact) mass is 461 g/mol. The van der Waals surface area contributed by atoms with Gasteiger partial charge in [0.05, 0.1) is 22.5 Å². The molecule has 174 valence electrons. The lowest BCUT2D eigenvalue weighted by Gasteiger charge is -2.14. The molecule has 0 aliphatic heterocycles. The van der Waals surface area contributed by atoms with Crippen LogP contribution in [-0.4, -0.2) is 11.8 Å². The van der Waals surface area contributed by atoms with Crippen LogP contribution in [0.4, 0.5) is 43.4 Å². The van der Waals surface area contributed by atoms with Gasteiger partial charge in [-0.1, -0.05) is 18.6 Å². The zero-order chi connectivity index (χ0) is 23.9. The number of carbonyl (C=O) groups is 2. The highest BCUT2D eigenvalue weighted by molar-refractivity contribution is 5.93. The van der Waals surface area contributed by atoms with E-state index in [0.29, 0.717) is 42.8 Å². The Morgan fingerprint density at radius 2 is 1.25 bits per heavy atom. The maximum Gasteiger partial charge on any atom is 0.416 e. The van der Waals surface area contributed by atoms with Gasteiger partial charge in [-0.3, -0.25) is 9.59 Å². The largest absolute Gasteiger partial charge is 0.416 e. The summed E-state index contributed by atoms with van der Waals surface area (Å²) in [5.41, 5.74) is 3.02. The Kier molecular flexibility index (Phi) is 8.12. The number of halogens is 6. The van der Waals surface area contributed by atoms with Crippen LogP contribution in [-0.2, 0) is 21.9 Å². The molecule has 2 rings (SSSR count). The standard InChI is InChI=1S/C21H21F6N3O2/c22-20(23,24)13-10-14(21(25,26)27)12-15(11-13)29-18(31)8-2-1-3-9-19(32)30-17-7-5-4-6-16(17)28/h4-7,10-12H,1-3,8-9,28H2,(H,29,31)(H,30,32). The molecule has 0 atom stereocenters. The second kappa shape index (κ2) is 10.4. The Morgan fingerprint density at radius 1 is 0.750 bits per heavy atom. The van der Waals surface area contributed by atoms with Crippen LogP contribution >= 0.6 is 0 Å². The van der Waals surface area contributed by atoms with Crippen LogP contribution in [0.5, 0.6) is 0 Å². The summed E-state index contributed by atoms with van der Waals surface area (Å²) < 4.78 is 77.2. The van der Waals surface area contributed by atoms with Crippen molar-refractivity contribution in [2.75, 3.05) is 16.4 Å². The van der Waals surface area contributed by atoms with Gasteiger partial charge >= 0.3 is 12.4 Å². The maximum atomic E-state index is 12.9. The molecular weight excluding hydrogens is 440 g/mol. The Balaban J connectivity index is 1.82. The molecule has 4 N–H and O–H groups in total. The third-order valence-corrected chi connectivity index (χ3v) is 4.41. The van der Waals surface area contributed by atoms with Gasteiger partial charge in [-0.05, 0) is 43.2 Å². The summed E-state index contributed by atoms with van der Waals surface area (Å²) >= 11 is 0. The Morgan fingerprint density at radius 3 is 1.75 bits per heavy atom. The van der Waals surface area contributed by atoms with Crippen molar-refractivity contribution < 1.29 is 35.9 Å². The van der Waals surface area contributed by atoms with Crippen molar-refractivity contribution in [3.8, 4) is 0 Å². The quantitative estimate of drug-likeness (QED) is 0.263. The highest BCUT2D eigenvalue weighted by Gasteiger charge is 2.37.